The second kappa shape index (κ2) is 12.2. The molecule has 2 aliphatic heterocycles. The molecule has 0 saturated carbocycles. The van der Waals surface area contributed by atoms with Crippen LogP contribution in [0.1, 0.15) is 66.2 Å². The first-order valence-corrected chi connectivity index (χ1v) is 14.7. The molecule has 0 radical (unpaired) electrons. The summed E-state index contributed by atoms with van der Waals surface area (Å²) >= 11 is 3.08. The molecule has 2 unspecified atom stereocenters. The Bertz CT molecular complexity index is 1050. The van der Waals surface area contributed by atoms with Crippen molar-refractivity contribution >= 4 is 35.3 Å². The van der Waals surface area contributed by atoms with Gasteiger partial charge in [0, 0.05) is 21.9 Å². The maximum Gasteiger partial charge on any atom is 0.262 e. The SMILES string of the molecule is CCCCC(C)N1C(=O)C2=C(Sc3ccccc3)N(C(C)CCCC)C(=O)C2=C1Sc1ccccc1. The number of hydrogen-bond donors (Lipinski definition) is 0. The lowest BCUT2D eigenvalue weighted by atomic mass is 10.1. The number of thioether (sulfide) groups is 2. The number of unbranched alkanes of at least 4 members (excludes halogenated alkanes) is 2. The molecule has 2 atom stereocenters. The molecule has 4 rings (SSSR count). The van der Waals surface area contributed by atoms with E-state index in [0.29, 0.717) is 11.1 Å². The van der Waals surface area contributed by atoms with Gasteiger partial charge in [-0.1, -0.05) is 99.5 Å². The average molecular weight is 521 g/mol. The molecule has 0 fully saturated rings. The molecule has 0 aromatic heterocycles. The van der Waals surface area contributed by atoms with Crippen LogP contribution in [0.25, 0.3) is 0 Å². The van der Waals surface area contributed by atoms with Gasteiger partial charge in [0.25, 0.3) is 11.8 Å². The van der Waals surface area contributed by atoms with Crippen molar-refractivity contribution in [2.24, 2.45) is 0 Å². The van der Waals surface area contributed by atoms with Crippen LogP contribution in [0, 0.1) is 0 Å². The fraction of sp³-hybridized carbons (Fsp3) is 0.400. The summed E-state index contributed by atoms with van der Waals surface area (Å²) < 4.78 is 0. The van der Waals surface area contributed by atoms with Crippen molar-refractivity contribution in [3.8, 4) is 0 Å². The van der Waals surface area contributed by atoms with Crippen LogP contribution in [0.5, 0.6) is 0 Å². The van der Waals surface area contributed by atoms with Crippen LogP contribution in [-0.2, 0) is 9.59 Å². The largest absolute Gasteiger partial charge is 0.299 e. The second-order valence-corrected chi connectivity index (χ2v) is 11.6. The zero-order chi connectivity index (χ0) is 25.7. The van der Waals surface area contributed by atoms with E-state index in [2.05, 4.69) is 27.7 Å². The van der Waals surface area contributed by atoms with Crippen LogP contribution in [0.3, 0.4) is 0 Å². The minimum atomic E-state index is -0.0380. The highest BCUT2D eigenvalue weighted by atomic mass is 32.2. The second-order valence-electron chi connectivity index (χ2n) is 9.52. The van der Waals surface area contributed by atoms with Gasteiger partial charge in [-0.15, -0.1) is 0 Å². The monoisotopic (exact) mass is 520 g/mol. The summed E-state index contributed by atoms with van der Waals surface area (Å²) in [6.45, 7) is 8.55. The van der Waals surface area contributed by atoms with E-state index in [9.17, 15) is 9.59 Å². The fourth-order valence-electron chi connectivity index (χ4n) is 4.74. The van der Waals surface area contributed by atoms with Gasteiger partial charge in [-0.05, 0) is 51.0 Å². The van der Waals surface area contributed by atoms with Gasteiger partial charge in [0.05, 0.1) is 21.2 Å². The summed E-state index contributed by atoms with van der Waals surface area (Å²) in [6, 6.07) is 20.2. The first-order valence-electron chi connectivity index (χ1n) is 13.1. The zero-order valence-corrected chi connectivity index (χ0v) is 23.3. The molecule has 2 aliphatic rings. The highest BCUT2D eigenvalue weighted by Gasteiger charge is 2.50. The smallest absolute Gasteiger partial charge is 0.262 e. The van der Waals surface area contributed by atoms with Crippen LogP contribution >= 0.6 is 23.5 Å². The third kappa shape index (κ3) is 5.45. The minimum absolute atomic E-state index is 0.0241. The molecule has 4 nitrogen and oxygen atoms in total. The Morgan fingerprint density at radius 1 is 0.639 bits per heavy atom. The van der Waals surface area contributed by atoms with E-state index in [1.807, 2.05) is 70.5 Å². The molecular weight excluding hydrogens is 484 g/mol. The molecule has 0 spiro atoms. The molecule has 0 saturated heterocycles. The Hall–Kier alpha value is -2.44. The zero-order valence-electron chi connectivity index (χ0n) is 21.7. The van der Waals surface area contributed by atoms with E-state index in [4.69, 9.17) is 0 Å². The van der Waals surface area contributed by atoms with Gasteiger partial charge >= 0.3 is 0 Å². The number of amides is 2. The fourth-order valence-corrected chi connectivity index (χ4v) is 7.07. The topological polar surface area (TPSA) is 40.6 Å². The predicted molar refractivity (Wildman–Crippen MR) is 150 cm³/mol. The lowest BCUT2D eigenvalue weighted by Gasteiger charge is -2.31. The maximum absolute atomic E-state index is 14.1. The first kappa shape index (κ1) is 26.6. The van der Waals surface area contributed by atoms with Crippen molar-refractivity contribution < 1.29 is 9.59 Å². The van der Waals surface area contributed by atoms with Gasteiger partial charge in [0.15, 0.2) is 0 Å². The minimum Gasteiger partial charge on any atom is -0.299 e. The van der Waals surface area contributed by atoms with Crippen molar-refractivity contribution in [3.63, 3.8) is 0 Å². The Labute approximate surface area is 224 Å². The third-order valence-electron chi connectivity index (χ3n) is 6.73. The highest BCUT2D eigenvalue weighted by Crippen LogP contribution is 2.51. The first-order chi connectivity index (χ1) is 17.5. The molecule has 36 heavy (non-hydrogen) atoms. The summed E-state index contributed by atoms with van der Waals surface area (Å²) in [5, 5.41) is 1.57. The normalized spacial score (nSPS) is 17.3. The van der Waals surface area contributed by atoms with Crippen LogP contribution in [0.15, 0.2) is 91.7 Å². The van der Waals surface area contributed by atoms with E-state index in [1.54, 1.807) is 0 Å². The van der Waals surface area contributed by atoms with Crippen LogP contribution in [0.2, 0.25) is 0 Å². The van der Waals surface area contributed by atoms with Gasteiger partial charge in [-0.25, -0.2) is 0 Å². The van der Waals surface area contributed by atoms with E-state index < -0.39 is 0 Å². The summed E-state index contributed by atoms with van der Waals surface area (Å²) in [4.78, 5) is 34.1. The number of carbonyl (C=O) groups is 2. The van der Waals surface area contributed by atoms with E-state index in [1.165, 1.54) is 23.5 Å². The van der Waals surface area contributed by atoms with Crippen LogP contribution in [-0.4, -0.2) is 33.7 Å². The molecule has 2 aromatic carbocycles. The Balaban J connectivity index is 1.84. The van der Waals surface area contributed by atoms with Gasteiger partial charge in [-0.2, -0.15) is 0 Å². The summed E-state index contributed by atoms with van der Waals surface area (Å²) in [5.41, 5.74) is 1.16. The Morgan fingerprint density at radius 2 is 1.00 bits per heavy atom. The van der Waals surface area contributed by atoms with Gasteiger partial charge in [0.2, 0.25) is 0 Å². The van der Waals surface area contributed by atoms with Gasteiger partial charge in [0.1, 0.15) is 0 Å². The summed E-state index contributed by atoms with van der Waals surface area (Å²) in [5.74, 6) is -0.0759. The summed E-state index contributed by atoms with van der Waals surface area (Å²) in [7, 11) is 0. The predicted octanol–water partition coefficient (Wildman–Crippen LogP) is 7.84. The number of fused-ring (bicyclic) bond motifs is 1. The van der Waals surface area contributed by atoms with Crippen molar-refractivity contribution in [1.82, 2.24) is 9.80 Å². The molecular formula is C30H36N2O2S2. The van der Waals surface area contributed by atoms with Crippen molar-refractivity contribution in [2.45, 2.75) is 88.1 Å². The number of hydrogen-bond acceptors (Lipinski definition) is 4. The molecule has 0 N–H and O–H groups in total. The van der Waals surface area contributed by atoms with Crippen molar-refractivity contribution in [2.75, 3.05) is 0 Å². The summed E-state index contributed by atoms with van der Waals surface area (Å²) in [6.07, 6.45) is 6.05. The molecule has 2 amide bonds. The quantitative estimate of drug-likeness (QED) is 0.286. The molecule has 190 valence electrons. The molecule has 0 aliphatic carbocycles. The van der Waals surface area contributed by atoms with Crippen LogP contribution in [0.4, 0.5) is 0 Å². The maximum atomic E-state index is 14.1. The lowest BCUT2D eigenvalue weighted by molar-refractivity contribution is -0.125. The van der Waals surface area contributed by atoms with Gasteiger partial charge < -0.3 is 0 Å². The van der Waals surface area contributed by atoms with Crippen LogP contribution < -0.4 is 0 Å². The van der Waals surface area contributed by atoms with Crippen molar-refractivity contribution in [3.05, 3.63) is 81.9 Å². The standard InChI is InChI=1S/C30H36N2O2S2/c1-5-7-15-21(3)31-27(33)25-26(29(31)35-23-17-11-9-12-18-23)28(34)32(22(4)16-8-6-2)30(25)36-24-19-13-10-14-20-24/h9-14,17-22H,5-8,15-16H2,1-4H3. The van der Waals surface area contributed by atoms with E-state index in [0.717, 1.165) is 58.4 Å². The van der Waals surface area contributed by atoms with Gasteiger partial charge in [-0.3, -0.25) is 19.4 Å². The molecule has 0 bridgehead atoms. The van der Waals surface area contributed by atoms with Crippen molar-refractivity contribution in [1.29, 1.82) is 0 Å². The Morgan fingerprint density at radius 3 is 1.33 bits per heavy atom. The third-order valence-corrected chi connectivity index (χ3v) is 8.93. The molecule has 6 heteroatoms. The Kier molecular flexibility index (Phi) is 9.02. The number of carbonyl (C=O) groups excluding carboxylic acids is 2. The van der Waals surface area contributed by atoms with E-state index >= 15 is 0 Å². The molecule has 2 aromatic rings. The number of nitrogens with zero attached hydrogens (tertiary/aromatic N) is 2. The highest BCUT2D eigenvalue weighted by molar-refractivity contribution is 8.03. The number of rotatable bonds is 12. The average Bonchev–Trinajstić information content (AvgIpc) is 3.34. The number of benzene rings is 2. The van der Waals surface area contributed by atoms with E-state index in [-0.39, 0.29) is 23.9 Å². The lowest BCUT2D eigenvalue weighted by Crippen LogP contribution is -2.37. The molecule has 2 heterocycles.